The van der Waals surface area contributed by atoms with E-state index in [2.05, 4.69) is 0 Å². The van der Waals surface area contributed by atoms with Gasteiger partial charge in [-0.3, -0.25) is 4.79 Å². The molecule has 0 radical (unpaired) electrons. The summed E-state index contributed by atoms with van der Waals surface area (Å²) in [6, 6.07) is 7.59. The molecule has 2 rings (SSSR count). The summed E-state index contributed by atoms with van der Waals surface area (Å²) in [5, 5.41) is 0. The van der Waals surface area contributed by atoms with Gasteiger partial charge in [0, 0.05) is 31.7 Å². The molecule has 114 valence electrons. The van der Waals surface area contributed by atoms with Crippen molar-refractivity contribution in [3.05, 3.63) is 35.4 Å². The van der Waals surface area contributed by atoms with E-state index in [-0.39, 0.29) is 12.0 Å². The average Bonchev–Trinajstić information content (AvgIpc) is 2.73. The fourth-order valence-electron chi connectivity index (χ4n) is 2.40. The molecule has 1 aliphatic heterocycles. The SMILES string of the molecule is CCOC(=O)N1CCCN(C(=O)c2ccc(C)cc2)CC1. The lowest BCUT2D eigenvalue weighted by Gasteiger charge is -2.21. The van der Waals surface area contributed by atoms with E-state index < -0.39 is 0 Å². The lowest BCUT2D eigenvalue weighted by molar-refractivity contribution is 0.0753. The third-order valence-corrected chi connectivity index (χ3v) is 3.61. The smallest absolute Gasteiger partial charge is 0.409 e. The highest BCUT2D eigenvalue weighted by Crippen LogP contribution is 2.11. The van der Waals surface area contributed by atoms with Crippen LogP contribution >= 0.6 is 0 Å². The highest BCUT2D eigenvalue weighted by atomic mass is 16.6. The Labute approximate surface area is 125 Å². The minimum Gasteiger partial charge on any atom is -0.450 e. The summed E-state index contributed by atoms with van der Waals surface area (Å²) in [6.07, 6.45) is 0.485. The van der Waals surface area contributed by atoms with E-state index in [4.69, 9.17) is 4.74 Å². The highest BCUT2D eigenvalue weighted by Gasteiger charge is 2.23. The molecule has 2 amide bonds. The number of carbonyl (C=O) groups is 2. The van der Waals surface area contributed by atoms with Crippen LogP contribution in [-0.2, 0) is 4.74 Å². The van der Waals surface area contributed by atoms with Crippen LogP contribution in [0.3, 0.4) is 0 Å². The van der Waals surface area contributed by atoms with Gasteiger partial charge in [-0.25, -0.2) is 4.79 Å². The summed E-state index contributed by atoms with van der Waals surface area (Å²) in [6.45, 7) is 6.54. The van der Waals surface area contributed by atoms with Crippen LogP contribution in [0.4, 0.5) is 4.79 Å². The number of rotatable bonds is 2. The maximum absolute atomic E-state index is 12.5. The van der Waals surface area contributed by atoms with Gasteiger partial charge in [0.1, 0.15) is 0 Å². The van der Waals surface area contributed by atoms with Crippen LogP contribution in [-0.4, -0.2) is 54.6 Å². The van der Waals surface area contributed by atoms with Crippen molar-refractivity contribution in [2.45, 2.75) is 20.3 Å². The van der Waals surface area contributed by atoms with Gasteiger partial charge in [-0.15, -0.1) is 0 Å². The molecule has 1 aliphatic rings. The Morgan fingerprint density at radius 3 is 2.33 bits per heavy atom. The number of aryl methyl sites for hydroxylation is 1. The maximum Gasteiger partial charge on any atom is 0.409 e. The lowest BCUT2D eigenvalue weighted by Crippen LogP contribution is -2.37. The van der Waals surface area contributed by atoms with E-state index in [1.807, 2.05) is 36.1 Å². The molecule has 0 N–H and O–H groups in total. The second-order valence-electron chi connectivity index (χ2n) is 5.20. The van der Waals surface area contributed by atoms with Gasteiger partial charge < -0.3 is 14.5 Å². The maximum atomic E-state index is 12.5. The molecule has 0 unspecified atom stereocenters. The van der Waals surface area contributed by atoms with Crippen LogP contribution in [0.25, 0.3) is 0 Å². The summed E-state index contributed by atoms with van der Waals surface area (Å²) in [4.78, 5) is 27.7. The van der Waals surface area contributed by atoms with Gasteiger partial charge in [-0.05, 0) is 32.4 Å². The molecular weight excluding hydrogens is 268 g/mol. The van der Waals surface area contributed by atoms with Crippen LogP contribution in [0.1, 0.15) is 29.3 Å². The molecule has 0 saturated carbocycles. The Bertz CT molecular complexity index is 499. The topological polar surface area (TPSA) is 49.9 Å². The number of ether oxygens (including phenoxy) is 1. The third-order valence-electron chi connectivity index (χ3n) is 3.61. The monoisotopic (exact) mass is 290 g/mol. The Morgan fingerprint density at radius 1 is 1.05 bits per heavy atom. The minimum absolute atomic E-state index is 0.0284. The summed E-state index contributed by atoms with van der Waals surface area (Å²) < 4.78 is 5.01. The molecule has 0 bridgehead atoms. The van der Waals surface area contributed by atoms with Crippen molar-refractivity contribution < 1.29 is 14.3 Å². The Kier molecular flexibility index (Phi) is 5.20. The second-order valence-corrected chi connectivity index (χ2v) is 5.20. The van der Waals surface area contributed by atoms with Crippen molar-refractivity contribution in [2.75, 3.05) is 32.8 Å². The second kappa shape index (κ2) is 7.11. The molecule has 1 fully saturated rings. The number of amides is 2. The first-order chi connectivity index (χ1) is 10.1. The molecule has 1 heterocycles. The normalized spacial score (nSPS) is 15.5. The zero-order chi connectivity index (χ0) is 15.2. The molecule has 0 aliphatic carbocycles. The van der Waals surface area contributed by atoms with Crippen LogP contribution in [0, 0.1) is 6.92 Å². The molecule has 5 nitrogen and oxygen atoms in total. The van der Waals surface area contributed by atoms with Crippen molar-refractivity contribution in [2.24, 2.45) is 0 Å². The van der Waals surface area contributed by atoms with Gasteiger partial charge in [-0.1, -0.05) is 17.7 Å². The van der Waals surface area contributed by atoms with E-state index >= 15 is 0 Å². The zero-order valence-corrected chi connectivity index (χ0v) is 12.7. The van der Waals surface area contributed by atoms with E-state index in [1.165, 1.54) is 0 Å². The molecule has 1 aromatic rings. The van der Waals surface area contributed by atoms with E-state index in [1.54, 1.807) is 11.8 Å². The van der Waals surface area contributed by atoms with Gasteiger partial charge in [0.15, 0.2) is 0 Å². The summed E-state index contributed by atoms with van der Waals surface area (Å²) in [5.74, 6) is 0.0284. The van der Waals surface area contributed by atoms with Crippen molar-refractivity contribution >= 4 is 12.0 Å². The average molecular weight is 290 g/mol. The third kappa shape index (κ3) is 3.97. The van der Waals surface area contributed by atoms with Gasteiger partial charge in [0.25, 0.3) is 5.91 Å². The zero-order valence-electron chi connectivity index (χ0n) is 12.7. The van der Waals surface area contributed by atoms with Gasteiger partial charge >= 0.3 is 6.09 Å². The quantitative estimate of drug-likeness (QED) is 0.839. The van der Waals surface area contributed by atoms with Crippen LogP contribution in [0.15, 0.2) is 24.3 Å². The predicted molar refractivity (Wildman–Crippen MR) is 80.3 cm³/mol. The molecule has 21 heavy (non-hydrogen) atoms. The number of benzene rings is 1. The molecule has 0 spiro atoms. The Balaban J connectivity index is 1.97. The van der Waals surface area contributed by atoms with E-state index in [9.17, 15) is 9.59 Å². The number of hydrogen-bond acceptors (Lipinski definition) is 3. The van der Waals surface area contributed by atoms with Crippen molar-refractivity contribution in [3.8, 4) is 0 Å². The van der Waals surface area contributed by atoms with Crippen LogP contribution in [0.5, 0.6) is 0 Å². The predicted octanol–water partition coefficient (Wildman–Crippen LogP) is 2.30. The Hall–Kier alpha value is -2.04. The van der Waals surface area contributed by atoms with Crippen molar-refractivity contribution in [1.82, 2.24) is 9.80 Å². The number of hydrogen-bond donors (Lipinski definition) is 0. The van der Waals surface area contributed by atoms with Crippen LogP contribution in [0.2, 0.25) is 0 Å². The number of carbonyl (C=O) groups excluding carboxylic acids is 2. The van der Waals surface area contributed by atoms with Crippen molar-refractivity contribution in [3.63, 3.8) is 0 Å². The summed E-state index contributed by atoms with van der Waals surface area (Å²) in [5.41, 5.74) is 1.83. The van der Waals surface area contributed by atoms with Crippen molar-refractivity contribution in [1.29, 1.82) is 0 Å². The summed E-state index contributed by atoms with van der Waals surface area (Å²) in [7, 11) is 0. The molecule has 1 saturated heterocycles. The minimum atomic E-state index is -0.290. The van der Waals surface area contributed by atoms with E-state index in [0.717, 1.165) is 12.0 Å². The van der Waals surface area contributed by atoms with Gasteiger partial charge in [0.05, 0.1) is 6.61 Å². The molecule has 0 atom stereocenters. The first-order valence-corrected chi connectivity index (χ1v) is 7.39. The molecule has 0 aromatic heterocycles. The molecule has 5 heteroatoms. The first-order valence-electron chi connectivity index (χ1n) is 7.39. The fourth-order valence-corrected chi connectivity index (χ4v) is 2.40. The fraction of sp³-hybridized carbons (Fsp3) is 0.500. The summed E-state index contributed by atoms with van der Waals surface area (Å²) >= 11 is 0. The van der Waals surface area contributed by atoms with Crippen LogP contribution < -0.4 is 0 Å². The molecule has 1 aromatic carbocycles. The first kappa shape index (κ1) is 15.4. The molecular formula is C16H22N2O3. The van der Waals surface area contributed by atoms with E-state index in [0.29, 0.717) is 38.3 Å². The van der Waals surface area contributed by atoms with Gasteiger partial charge in [-0.2, -0.15) is 0 Å². The highest BCUT2D eigenvalue weighted by molar-refractivity contribution is 5.94. The lowest BCUT2D eigenvalue weighted by atomic mass is 10.1. The standard InChI is InChI=1S/C16H22N2O3/c1-3-21-16(20)18-10-4-9-17(11-12-18)15(19)14-7-5-13(2)6-8-14/h5-8H,3-4,9-12H2,1-2H3. The largest absolute Gasteiger partial charge is 0.450 e. The number of nitrogens with zero attached hydrogens (tertiary/aromatic N) is 2. The van der Waals surface area contributed by atoms with Gasteiger partial charge in [0.2, 0.25) is 0 Å². The Morgan fingerprint density at radius 2 is 1.67 bits per heavy atom.